The summed E-state index contributed by atoms with van der Waals surface area (Å²) in [7, 11) is 0. The van der Waals surface area contributed by atoms with Gasteiger partial charge in [-0.3, -0.25) is 4.79 Å². The Bertz CT molecular complexity index is 469. The number of rotatable bonds is 3. The third kappa shape index (κ3) is 3.44. The van der Waals surface area contributed by atoms with Gasteiger partial charge in [0.05, 0.1) is 12.0 Å². The highest BCUT2D eigenvalue weighted by molar-refractivity contribution is 5.80. The van der Waals surface area contributed by atoms with E-state index >= 15 is 0 Å². The summed E-state index contributed by atoms with van der Waals surface area (Å²) in [5.41, 5.74) is 1.24. The van der Waals surface area contributed by atoms with Crippen molar-refractivity contribution < 1.29 is 9.90 Å². The zero-order valence-electron chi connectivity index (χ0n) is 12.3. The molecule has 3 N–H and O–H groups in total. The first kappa shape index (κ1) is 14.5. The van der Waals surface area contributed by atoms with Crippen molar-refractivity contribution in [2.75, 3.05) is 13.1 Å². The molecule has 1 saturated carbocycles. The van der Waals surface area contributed by atoms with Gasteiger partial charge in [0.2, 0.25) is 5.91 Å². The SMILES string of the molecule is O=C(N[C@H]1CC[C@H](O)CC1)[C@H]1CNCC1c1ccccc1. The lowest BCUT2D eigenvalue weighted by molar-refractivity contribution is -0.125. The second-order valence-electron chi connectivity index (χ2n) is 6.30. The summed E-state index contributed by atoms with van der Waals surface area (Å²) in [6.45, 7) is 1.62. The lowest BCUT2D eigenvalue weighted by Crippen LogP contribution is -2.43. The minimum absolute atomic E-state index is 0.0132. The number of carbonyl (C=O) groups is 1. The molecule has 4 nitrogen and oxygen atoms in total. The van der Waals surface area contributed by atoms with Crippen molar-refractivity contribution in [3.8, 4) is 0 Å². The summed E-state index contributed by atoms with van der Waals surface area (Å²) >= 11 is 0. The fourth-order valence-electron chi connectivity index (χ4n) is 3.53. The van der Waals surface area contributed by atoms with Gasteiger partial charge >= 0.3 is 0 Å². The Morgan fingerprint density at radius 3 is 2.52 bits per heavy atom. The molecule has 0 aromatic heterocycles. The molecule has 0 bridgehead atoms. The van der Waals surface area contributed by atoms with Gasteiger partial charge in [-0.05, 0) is 31.2 Å². The summed E-state index contributed by atoms with van der Waals surface area (Å²) in [4.78, 5) is 12.6. The normalized spacial score (nSPS) is 32.8. The Hall–Kier alpha value is -1.39. The molecule has 1 aromatic rings. The second kappa shape index (κ2) is 6.58. The lowest BCUT2D eigenvalue weighted by Gasteiger charge is -2.28. The van der Waals surface area contributed by atoms with Crippen LogP contribution in [0.4, 0.5) is 0 Å². The van der Waals surface area contributed by atoms with Crippen LogP contribution in [0.2, 0.25) is 0 Å². The van der Waals surface area contributed by atoms with Gasteiger partial charge in [-0.1, -0.05) is 30.3 Å². The maximum absolute atomic E-state index is 12.6. The molecule has 21 heavy (non-hydrogen) atoms. The van der Waals surface area contributed by atoms with E-state index in [0.717, 1.165) is 38.8 Å². The summed E-state index contributed by atoms with van der Waals surface area (Å²) in [5.74, 6) is 0.440. The fourth-order valence-corrected chi connectivity index (χ4v) is 3.53. The fraction of sp³-hybridized carbons (Fsp3) is 0.588. The minimum atomic E-state index is -0.177. The molecule has 1 aliphatic carbocycles. The lowest BCUT2D eigenvalue weighted by atomic mass is 9.87. The van der Waals surface area contributed by atoms with Crippen LogP contribution in [0.25, 0.3) is 0 Å². The zero-order chi connectivity index (χ0) is 14.7. The van der Waals surface area contributed by atoms with Gasteiger partial charge in [-0.15, -0.1) is 0 Å². The zero-order valence-corrected chi connectivity index (χ0v) is 12.3. The van der Waals surface area contributed by atoms with Crippen LogP contribution < -0.4 is 10.6 Å². The second-order valence-corrected chi connectivity index (χ2v) is 6.30. The molecule has 0 spiro atoms. The highest BCUT2D eigenvalue weighted by atomic mass is 16.3. The predicted octanol–water partition coefficient (Wildman–Crippen LogP) is 1.41. The molecule has 3 rings (SSSR count). The maximum Gasteiger partial charge on any atom is 0.225 e. The molecular formula is C17H24N2O2. The first-order valence-electron chi connectivity index (χ1n) is 7.98. The highest BCUT2D eigenvalue weighted by Gasteiger charge is 2.35. The van der Waals surface area contributed by atoms with Crippen LogP contribution in [0.5, 0.6) is 0 Å². The number of aliphatic hydroxyl groups is 1. The molecule has 2 fully saturated rings. The summed E-state index contributed by atoms with van der Waals surface area (Å²) in [5, 5.41) is 16.1. The van der Waals surface area contributed by atoms with E-state index in [2.05, 4.69) is 22.8 Å². The van der Waals surface area contributed by atoms with E-state index in [1.165, 1.54) is 5.56 Å². The number of benzene rings is 1. The number of aliphatic hydroxyl groups excluding tert-OH is 1. The third-order valence-corrected chi connectivity index (χ3v) is 4.82. The molecule has 1 aliphatic heterocycles. The van der Waals surface area contributed by atoms with Crippen LogP contribution in [0.1, 0.15) is 37.2 Å². The van der Waals surface area contributed by atoms with Gasteiger partial charge in [-0.25, -0.2) is 0 Å². The Labute approximate surface area is 125 Å². The monoisotopic (exact) mass is 288 g/mol. The number of carbonyl (C=O) groups excluding carboxylic acids is 1. The first-order valence-corrected chi connectivity index (χ1v) is 7.98. The number of hydrogen-bond acceptors (Lipinski definition) is 3. The first-order chi connectivity index (χ1) is 10.2. The van der Waals surface area contributed by atoms with Crippen molar-refractivity contribution in [2.45, 2.75) is 43.7 Å². The van der Waals surface area contributed by atoms with E-state index in [1.807, 2.05) is 18.2 Å². The van der Waals surface area contributed by atoms with Crippen LogP contribution in [-0.4, -0.2) is 36.2 Å². The molecule has 1 saturated heterocycles. The van der Waals surface area contributed by atoms with Crippen LogP contribution in [0.3, 0.4) is 0 Å². The van der Waals surface area contributed by atoms with E-state index in [-0.39, 0.29) is 29.9 Å². The maximum atomic E-state index is 12.6. The standard InChI is InChI=1S/C17H24N2O2/c20-14-8-6-13(7-9-14)19-17(21)16-11-18-10-15(16)12-4-2-1-3-5-12/h1-5,13-16,18,20H,6-11H2,(H,19,21)/t13-,14-,15?,16-/m0/s1. The van der Waals surface area contributed by atoms with E-state index in [0.29, 0.717) is 0 Å². The van der Waals surface area contributed by atoms with Crippen molar-refractivity contribution in [1.29, 1.82) is 0 Å². The van der Waals surface area contributed by atoms with Gasteiger partial charge in [0.15, 0.2) is 0 Å². The largest absolute Gasteiger partial charge is 0.393 e. The van der Waals surface area contributed by atoms with E-state index < -0.39 is 0 Å². The molecule has 1 heterocycles. The third-order valence-electron chi connectivity index (χ3n) is 4.82. The molecule has 1 aromatic carbocycles. The summed E-state index contributed by atoms with van der Waals surface area (Å²) in [6.07, 6.45) is 3.21. The predicted molar refractivity (Wildman–Crippen MR) is 81.9 cm³/mol. The van der Waals surface area contributed by atoms with Gasteiger partial charge in [-0.2, -0.15) is 0 Å². The smallest absolute Gasteiger partial charge is 0.225 e. The van der Waals surface area contributed by atoms with Gasteiger partial charge < -0.3 is 15.7 Å². The molecule has 1 unspecified atom stereocenters. The summed E-state index contributed by atoms with van der Waals surface area (Å²) < 4.78 is 0. The Morgan fingerprint density at radius 1 is 1.10 bits per heavy atom. The number of hydrogen-bond donors (Lipinski definition) is 3. The van der Waals surface area contributed by atoms with Crippen molar-refractivity contribution >= 4 is 5.91 Å². The average molecular weight is 288 g/mol. The minimum Gasteiger partial charge on any atom is -0.393 e. The molecule has 2 atom stereocenters. The van der Waals surface area contributed by atoms with Crippen LogP contribution >= 0.6 is 0 Å². The quantitative estimate of drug-likeness (QED) is 0.788. The van der Waals surface area contributed by atoms with Gasteiger partial charge in [0.1, 0.15) is 0 Å². The van der Waals surface area contributed by atoms with E-state index in [9.17, 15) is 9.90 Å². The molecule has 4 heteroatoms. The Balaban J connectivity index is 1.61. The number of amides is 1. The molecule has 0 radical (unpaired) electrons. The molecule has 2 aliphatic rings. The van der Waals surface area contributed by atoms with Crippen molar-refractivity contribution in [3.63, 3.8) is 0 Å². The molecular weight excluding hydrogens is 264 g/mol. The van der Waals surface area contributed by atoms with Crippen LogP contribution in [0, 0.1) is 5.92 Å². The molecule has 1 amide bonds. The highest BCUT2D eigenvalue weighted by Crippen LogP contribution is 2.29. The Morgan fingerprint density at radius 2 is 1.81 bits per heavy atom. The van der Waals surface area contributed by atoms with E-state index in [4.69, 9.17) is 0 Å². The van der Waals surface area contributed by atoms with Crippen LogP contribution in [-0.2, 0) is 4.79 Å². The van der Waals surface area contributed by atoms with Crippen molar-refractivity contribution in [2.24, 2.45) is 5.92 Å². The average Bonchev–Trinajstić information content (AvgIpc) is 3.00. The van der Waals surface area contributed by atoms with Crippen molar-refractivity contribution in [3.05, 3.63) is 35.9 Å². The number of nitrogens with one attached hydrogen (secondary N) is 2. The summed E-state index contributed by atoms with van der Waals surface area (Å²) in [6, 6.07) is 10.5. The van der Waals surface area contributed by atoms with E-state index in [1.54, 1.807) is 0 Å². The molecule has 114 valence electrons. The van der Waals surface area contributed by atoms with Gasteiger partial charge in [0, 0.05) is 25.0 Å². The van der Waals surface area contributed by atoms with Gasteiger partial charge in [0.25, 0.3) is 0 Å². The topological polar surface area (TPSA) is 61.4 Å². The van der Waals surface area contributed by atoms with Crippen molar-refractivity contribution in [1.82, 2.24) is 10.6 Å². The van der Waals surface area contributed by atoms with Crippen LogP contribution in [0.15, 0.2) is 30.3 Å². The Kier molecular flexibility index (Phi) is 4.56.